The number of nitrogens with zero attached hydrogens (tertiary/aromatic N) is 3. The zero-order chi connectivity index (χ0) is 24.2. The summed E-state index contributed by atoms with van der Waals surface area (Å²) in [5.74, 6) is 2.22. The molecule has 3 aliphatic rings. The minimum atomic E-state index is -0.186. The van der Waals surface area contributed by atoms with E-state index in [1.165, 1.54) is 6.08 Å². The van der Waals surface area contributed by atoms with E-state index in [9.17, 15) is 9.90 Å². The lowest BCUT2D eigenvalue weighted by Crippen LogP contribution is -2.25. The number of amidine groups is 2. The van der Waals surface area contributed by atoms with Crippen molar-refractivity contribution in [3.8, 4) is 5.75 Å². The van der Waals surface area contributed by atoms with E-state index in [-0.39, 0.29) is 11.5 Å². The zero-order valence-corrected chi connectivity index (χ0v) is 18.8. The van der Waals surface area contributed by atoms with Crippen molar-refractivity contribution in [1.29, 1.82) is 0 Å². The fraction of sp³-hybridized carbons (Fsp3) is 0. The number of anilines is 2. The lowest BCUT2D eigenvalue weighted by molar-refractivity contribution is -0.108. The largest absolute Gasteiger partial charge is 0.506 e. The first kappa shape index (κ1) is 20.2. The van der Waals surface area contributed by atoms with Crippen molar-refractivity contribution in [1.82, 2.24) is 10.3 Å². The molecular weight excluding hydrogens is 452 g/mol. The zero-order valence-electron chi connectivity index (χ0n) is 18.8. The van der Waals surface area contributed by atoms with Gasteiger partial charge in [0.1, 0.15) is 34.6 Å². The van der Waals surface area contributed by atoms with Crippen molar-refractivity contribution in [2.75, 3.05) is 5.32 Å². The molecule has 3 aromatic carbocycles. The van der Waals surface area contributed by atoms with E-state index in [0.29, 0.717) is 40.4 Å². The highest BCUT2D eigenvalue weighted by molar-refractivity contribution is 6.49. The predicted octanol–water partition coefficient (Wildman–Crippen LogP) is 5.15. The number of allylic oxidation sites excluding steroid dienone is 3. The summed E-state index contributed by atoms with van der Waals surface area (Å²) in [7, 11) is 0. The summed E-state index contributed by atoms with van der Waals surface area (Å²) in [4.78, 5) is 30.2. The Morgan fingerprint density at radius 3 is 2.47 bits per heavy atom. The Hall–Kier alpha value is -5.24. The van der Waals surface area contributed by atoms with Crippen LogP contribution in [-0.4, -0.2) is 33.3 Å². The Morgan fingerprint density at radius 2 is 1.58 bits per heavy atom. The number of fused-ring (bicyclic) bond motifs is 12. The van der Waals surface area contributed by atoms with Crippen LogP contribution in [0.25, 0.3) is 10.8 Å². The summed E-state index contributed by atoms with van der Waals surface area (Å²) in [6.45, 7) is 0. The van der Waals surface area contributed by atoms with Crippen LogP contribution in [0.5, 0.6) is 5.75 Å². The third kappa shape index (κ3) is 3.24. The van der Waals surface area contributed by atoms with Crippen LogP contribution in [0.3, 0.4) is 0 Å². The second-order valence-corrected chi connectivity index (χ2v) is 8.58. The molecule has 4 N–H and O–H groups in total. The summed E-state index contributed by atoms with van der Waals surface area (Å²) >= 11 is 0. The maximum atomic E-state index is 12.7. The first-order chi connectivity index (χ1) is 17.6. The fourth-order valence-electron chi connectivity index (χ4n) is 4.53. The Balaban J connectivity index is 1.48. The molecule has 8 heteroatoms. The number of rotatable bonds is 0. The highest BCUT2D eigenvalue weighted by Gasteiger charge is 2.24. The number of carbonyl (C=O) groups excluding carboxylic acids is 1. The average molecular weight is 470 g/mol. The van der Waals surface area contributed by atoms with Crippen molar-refractivity contribution in [2.24, 2.45) is 15.0 Å². The van der Waals surface area contributed by atoms with Crippen LogP contribution in [0.1, 0.15) is 11.1 Å². The predicted molar refractivity (Wildman–Crippen MR) is 141 cm³/mol. The summed E-state index contributed by atoms with van der Waals surface area (Å²) in [6.07, 6.45) is 4.92. The molecule has 0 saturated carbocycles. The molecule has 0 atom stereocenters. The molecule has 7 rings (SSSR count). The quantitative estimate of drug-likeness (QED) is 0.210. The van der Waals surface area contributed by atoms with Crippen molar-refractivity contribution in [2.45, 2.75) is 0 Å². The standard InChI is InChI=1S/C28H18N6O2/c35-23-12-10-16-14-21(23)31-27-19-7-3-1-5-17(19)25(33-27)29-15-9-11-24(36)22(13-15)32-28-20-8-4-2-6-18(20)26(30-16)34-28/h1-14,29,33,36H,(H,30,32,34). The number of hydrogen-bond acceptors (Lipinski definition) is 7. The number of nitrogens with one attached hydrogen (secondary N) is 3. The summed E-state index contributed by atoms with van der Waals surface area (Å²) < 4.78 is 0. The molecule has 0 fully saturated rings. The van der Waals surface area contributed by atoms with Gasteiger partial charge in [-0.05, 0) is 36.4 Å². The van der Waals surface area contributed by atoms with Crippen LogP contribution in [0, 0.1) is 0 Å². The Bertz CT molecular complexity index is 1770. The molecule has 1 aromatic heterocycles. The number of benzene rings is 3. The third-order valence-electron chi connectivity index (χ3n) is 6.26. The summed E-state index contributed by atoms with van der Waals surface area (Å²) in [5, 5.41) is 19.1. The minimum absolute atomic E-state index is 0.0472. The van der Waals surface area contributed by atoms with Gasteiger partial charge in [-0.2, -0.15) is 0 Å². The number of phenolic OH excluding ortho intramolecular Hbond substituents is 1. The van der Waals surface area contributed by atoms with Gasteiger partial charge in [0.25, 0.3) is 0 Å². The van der Waals surface area contributed by atoms with E-state index in [2.05, 4.69) is 15.6 Å². The average Bonchev–Trinajstić information content (AvgIpc) is 3.41. The van der Waals surface area contributed by atoms with Gasteiger partial charge in [-0.15, -0.1) is 0 Å². The van der Waals surface area contributed by atoms with Gasteiger partial charge < -0.3 is 20.7 Å². The maximum absolute atomic E-state index is 12.7. The van der Waals surface area contributed by atoms with Gasteiger partial charge in [0.15, 0.2) is 5.84 Å². The second kappa shape index (κ2) is 7.64. The molecule has 0 unspecified atom stereocenters. The number of carbonyl (C=O) groups is 1. The van der Waals surface area contributed by atoms with Crippen LogP contribution >= 0.6 is 0 Å². The molecule has 0 radical (unpaired) electrons. The van der Waals surface area contributed by atoms with Crippen LogP contribution in [-0.2, 0) is 4.79 Å². The smallest absolute Gasteiger partial charge is 0.204 e. The molecule has 3 heterocycles. The Kier molecular flexibility index (Phi) is 4.28. The van der Waals surface area contributed by atoms with E-state index in [1.807, 2.05) is 48.5 Å². The van der Waals surface area contributed by atoms with Gasteiger partial charge in [-0.25, -0.2) is 15.0 Å². The molecule has 8 bridgehead atoms. The monoisotopic (exact) mass is 470 g/mol. The lowest BCUT2D eigenvalue weighted by Gasteiger charge is -2.11. The van der Waals surface area contributed by atoms with Gasteiger partial charge in [-0.1, -0.05) is 48.5 Å². The molecule has 2 aliphatic heterocycles. The highest BCUT2D eigenvalue weighted by atomic mass is 16.3. The molecule has 1 aliphatic carbocycles. The van der Waals surface area contributed by atoms with E-state index in [4.69, 9.17) is 15.0 Å². The van der Waals surface area contributed by atoms with Gasteiger partial charge in [0, 0.05) is 33.3 Å². The molecule has 0 saturated heterocycles. The van der Waals surface area contributed by atoms with Crippen molar-refractivity contribution < 1.29 is 9.90 Å². The number of aromatic amines is 1. The fourth-order valence-corrected chi connectivity index (χ4v) is 4.53. The van der Waals surface area contributed by atoms with Gasteiger partial charge in [0.2, 0.25) is 5.78 Å². The first-order valence-electron chi connectivity index (χ1n) is 11.4. The van der Waals surface area contributed by atoms with Crippen molar-refractivity contribution in [3.63, 3.8) is 0 Å². The van der Waals surface area contributed by atoms with Gasteiger partial charge >= 0.3 is 0 Å². The number of aromatic hydroxyl groups is 1. The number of ketones is 1. The molecule has 0 spiro atoms. The SMILES string of the molecule is O=C1C=CC2=CC1=Nc1[nH]c(c3ccccc13)Nc1ccc(O)c(c1)N=C1N=C(N2)c2ccccc21. The summed E-state index contributed by atoms with van der Waals surface area (Å²) in [6, 6.07) is 20.7. The highest BCUT2D eigenvalue weighted by Crippen LogP contribution is 2.37. The number of H-pyrrole nitrogens is 1. The number of phenols is 1. The van der Waals surface area contributed by atoms with Crippen LogP contribution in [0.15, 0.2) is 106 Å². The van der Waals surface area contributed by atoms with E-state index in [1.54, 1.807) is 30.4 Å². The third-order valence-corrected chi connectivity index (χ3v) is 6.26. The number of hydrogen-bond donors (Lipinski definition) is 4. The number of aliphatic imine (C=N–C) groups is 3. The molecule has 36 heavy (non-hydrogen) atoms. The van der Waals surface area contributed by atoms with Crippen molar-refractivity contribution in [3.05, 3.63) is 102 Å². The van der Waals surface area contributed by atoms with Crippen LogP contribution < -0.4 is 10.6 Å². The summed E-state index contributed by atoms with van der Waals surface area (Å²) in [5.41, 5.74) is 3.80. The van der Waals surface area contributed by atoms with E-state index >= 15 is 0 Å². The molecule has 8 nitrogen and oxygen atoms in total. The maximum Gasteiger partial charge on any atom is 0.204 e. The van der Waals surface area contributed by atoms with Crippen molar-refractivity contribution >= 4 is 56.9 Å². The topological polar surface area (TPSA) is 114 Å². The molecule has 4 aromatic rings. The van der Waals surface area contributed by atoms with E-state index < -0.39 is 0 Å². The number of aromatic nitrogens is 1. The molecule has 172 valence electrons. The van der Waals surface area contributed by atoms with E-state index in [0.717, 1.165) is 27.6 Å². The van der Waals surface area contributed by atoms with Gasteiger partial charge in [0.05, 0.1) is 0 Å². The first-order valence-corrected chi connectivity index (χ1v) is 11.4. The Labute approximate surface area is 205 Å². The second-order valence-electron chi connectivity index (χ2n) is 8.58. The lowest BCUT2D eigenvalue weighted by atomic mass is 10.1. The van der Waals surface area contributed by atoms with Crippen LogP contribution in [0.4, 0.5) is 23.0 Å². The van der Waals surface area contributed by atoms with Crippen LogP contribution in [0.2, 0.25) is 0 Å². The normalized spacial score (nSPS) is 15.8. The molecular formula is C28H18N6O2. The minimum Gasteiger partial charge on any atom is -0.506 e. The van der Waals surface area contributed by atoms with Gasteiger partial charge in [-0.3, -0.25) is 4.79 Å². The Morgan fingerprint density at radius 1 is 0.778 bits per heavy atom. The molecule has 0 amide bonds.